The minimum Gasteiger partial charge on any atom is -0.495 e. The van der Waals surface area contributed by atoms with Gasteiger partial charge in [-0.05, 0) is 61.9 Å². The zero-order chi connectivity index (χ0) is 19.4. The maximum absolute atomic E-state index is 12.5. The van der Waals surface area contributed by atoms with Crippen LogP contribution < -0.4 is 10.1 Å². The molecule has 1 aliphatic rings. The van der Waals surface area contributed by atoms with Crippen molar-refractivity contribution < 1.29 is 19.1 Å². The largest absolute Gasteiger partial charge is 0.495 e. The predicted octanol–water partition coefficient (Wildman–Crippen LogP) is 4.86. The topological polar surface area (TPSA) is 64.6 Å². The van der Waals surface area contributed by atoms with Gasteiger partial charge in [-0.1, -0.05) is 18.5 Å². The number of halogens is 1. The Morgan fingerprint density at radius 2 is 2.04 bits per heavy atom. The van der Waals surface area contributed by atoms with Gasteiger partial charge in [0.05, 0.1) is 12.1 Å². The zero-order valence-corrected chi connectivity index (χ0v) is 16.9. The number of esters is 1. The van der Waals surface area contributed by atoms with Crippen LogP contribution in [0.4, 0.5) is 5.69 Å². The molecule has 2 aromatic rings. The van der Waals surface area contributed by atoms with Gasteiger partial charge >= 0.3 is 5.97 Å². The minimum atomic E-state index is -0.863. The van der Waals surface area contributed by atoms with Crippen molar-refractivity contribution in [2.24, 2.45) is 0 Å². The van der Waals surface area contributed by atoms with Gasteiger partial charge in [0.15, 0.2) is 6.10 Å². The van der Waals surface area contributed by atoms with Crippen molar-refractivity contribution in [3.05, 3.63) is 44.6 Å². The molecule has 3 rings (SSSR count). The third-order valence-electron chi connectivity index (χ3n) is 4.53. The Morgan fingerprint density at radius 1 is 1.26 bits per heavy atom. The molecular weight excluding hydrogens is 386 g/mol. The molecule has 0 fully saturated rings. The molecule has 27 heavy (non-hydrogen) atoms. The number of methoxy groups -OCH3 is 1. The summed E-state index contributed by atoms with van der Waals surface area (Å²) in [5.74, 6) is -0.299. The van der Waals surface area contributed by atoms with Gasteiger partial charge in [0.2, 0.25) is 0 Å². The number of carbonyl (C=O) groups excluding carboxylic acids is 2. The summed E-state index contributed by atoms with van der Waals surface area (Å²) in [6, 6.07) is 6.86. The molecular formula is C20H22ClNO4S. The molecule has 0 aliphatic heterocycles. The number of carbonyl (C=O) groups is 2. The fraction of sp³-hybridized carbons (Fsp3) is 0.400. The normalized spacial score (nSPS) is 14.2. The van der Waals surface area contributed by atoms with Gasteiger partial charge in [-0.3, -0.25) is 4.79 Å². The highest BCUT2D eigenvalue weighted by Gasteiger charge is 2.25. The number of hydrogen-bond acceptors (Lipinski definition) is 5. The van der Waals surface area contributed by atoms with Crippen molar-refractivity contribution >= 4 is 40.5 Å². The van der Waals surface area contributed by atoms with Gasteiger partial charge in [0.1, 0.15) is 10.6 Å². The maximum Gasteiger partial charge on any atom is 0.349 e. The van der Waals surface area contributed by atoms with E-state index in [-0.39, 0.29) is 5.91 Å². The lowest BCUT2D eigenvalue weighted by atomic mass is 9.99. The third-order valence-corrected chi connectivity index (χ3v) is 6.04. The van der Waals surface area contributed by atoms with Crippen molar-refractivity contribution in [3.8, 4) is 5.75 Å². The number of benzene rings is 1. The van der Waals surface area contributed by atoms with E-state index in [1.807, 2.05) is 6.07 Å². The van der Waals surface area contributed by atoms with E-state index in [1.165, 1.54) is 28.9 Å². The average molecular weight is 408 g/mol. The maximum atomic E-state index is 12.5. The predicted molar refractivity (Wildman–Crippen MR) is 107 cm³/mol. The molecule has 1 atom stereocenters. The standard InChI is InChI=1S/C20H22ClNO4S/c1-3-15(19(23)22-13-8-9-16(25-2)14(21)11-13)26-20(24)18-10-12-6-4-5-7-17(12)27-18/h8-11,15H,3-7H2,1-2H3,(H,22,23). The van der Waals surface area contributed by atoms with Crippen LogP contribution in [0.2, 0.25) is 5.02 Å². The Balaban J connectivity index is 1.65. The van der Waals surface area contributed by atoms with E-state index in [0.717, 1.165) is 25.7 Å². The third kappa shape index (κ3) is 4.62. The van der Waals surface area contributed by atoms with E-state index >= 15 is 0 Å². The number of aryl methyl sites for hydroxylation is 2. The Kier molecular flexibility index (Phi) is 6.39. The summed E-state index contributed by atoms with van der Waals surface area (Å²) in [4.78, 5) is 26.8. The van der Waals surface area contributed by atoms with Crippen molar-refractivity contribution in [1.29, 1.82) is 0 Å². The van der Waals surface area contributed by atoms with Crippen LogP contribution in [0.3, 0.4) is 0 Å². The molecule has 0 radical (unpaired) electrons. The Morgan fingerprint density at radius 3 is 2.70 bits per heavy atom. The number of anilines is 1. The molecule has 7 heteroatoms. The number of nitrogens with one attached hydrogen (secondary N) is 1. The van der Waals surface area contributed by atoms with Crippen LogP contribution >= 0.6 is 22.9 Å². The summed E-state index contributed by atoms with van der Waals surface area (Å²) < 4.78 is 10.6. The number of ether oxygens (including phenoxy) is 2. The SMILES string of the molecule is CCC(OC(=O)c1cc2c(s1)CCCC2)C(=O)Nc1ccc(OC)c(Cl)c1. The highest BCUT2D eigenvalue weighted by Crippen LogP contribution is 2.30. The van der Waals surface area contributed by atoms with Gasteiger partial charge in [-0.15, -0.1) is 11.3 Å². The summed E-state index contributed by atoms with van der Waals surface area (Å²) in [6.45, 7) is 1.80. The van der Waals surface area contributed by atoms with Crippen LogP contribution in [0.25, 0.3) is 0 Å². The molecule has 1 aliphatic carbocycles. The monoisotopic (exact) mass is 407 g/mol. The second kappa shape index (κ2) is 8.76. The highest BCUT2D eigenvalue weighted by atomic mass is 35.5. The van der Waals surface area contributed by atoms with Crippen LogP contribution in [0.1, 0.15) is 46.3 Å². The van der Waals surface area contributed by atoms with Crippen molar-refractivity contribution in [1.82, 2.24) is 0 Å². The quantitative estimate of drug-likeness (QED) is 0.694. The van der Waals surface area contributed by atoms with E-state index in [2.05, 4.69) is 5.32 Å². The molecule has 1 heterocycles. The Bertz CT molecular complexity index is 825. The van der Waals surface area contributed by atoms with Crippen molar-refractivity contribution in [2.45, 2.75) is 45.1 Å². The van der Waals surface area contributed by atoms with E-state index in [0.29, 0.717) is 27.8 Å². The molecule has 0 saturated carbocycles. The van der Waals surface area contributed by atoms with Crippen LogP contribution in [-0.4, -0.2) is 25.1 Å². The van der Waals surface area contributed by atoms with E-state index < -0.39 is 12.1 Å². The van der Waals surface area contributed by atoms with E-state index in [9.17, 15) is 9.59 Å². The van der Waals surface area contributed by atoms with E-state index in [4.69, 9.17) is 21.1 Å². The summed E-state index contributed by atoms with van der Waals surface area (Å²) in [6.07, 6.45) is 3.86. The summed E-state index contributed by atoms with van der Waals surface area (Å²) >= 11 is 7.56. The number of fused-ring (bicyclic) bond motifs is 1. The smallest absolute Gasteiger partial charge is 0.349 e. The molecule has 0 spiro atoms. The van der Waals surface area contributed by atoms with Gasteiger partial charge in [0.25, 0.3) is 5.91 Å². The Hall–Kier alpha value is -2.05. The summed E-state index contributed by atoms with van der Waals surface area (Å²) in [5, 5.41) is 3.13. The number of amides is 1. The first kappa shape index (κ1) is 19.7. The first-order chi connectivity index (χ1) is 13.0. The number of thiophene rings is 1. The molecule has 1 N–H and O–H groups in total. The van der Waals surface area contributed by atoms with E-state index in [1.54, 1.807) is 25.1 Å². The van der Waals surface area contributed by atoms with Crippen molar-refractivity contribution in [2.75, 3.05) is 12.4 Å². The first-order valence-corrected chi connectivity index (χ1v) is 10.2. The van der Waals surface area contributed by atoms with Crippen LogP contribution in [0.15, 0.2) is 24.3 Å². The van der Waals surface area contributed by atoms with Gasteiger partial charge in [-0.25, -0.2) is 4.79 Å². The fourth-order valence-corrected chi connectivity index (χ4v) is 4.46. The molecule has 5 nitrogen and oxygen atoms in total. The molecule has 1 aromatic carbocycles. The molecule has 0 saturated heterocycles. The van der Waals surface area contributed by atoms with Gasteiger partial charge in [-0.2, -0.15) is 0 Å². The van der Waals surface area contributed by atoms with Gasteiger partial charge in [0, 0.05) is 10.6 Å². The fourth-order valence-electron chi connectivity index (χ4n) is 3.07. The average Bonchev–Trinajstić information content (AvgIpc) is 3.10. The Labute approximate surface area is 167 Å². The lowest BCUT2D eigenvalue weighted by molar-refractivity contribution is -0.124. The second-order valence-electron chi connectivity index (χ2n) is 6.41. The lowest BCUT2D eigenvalue weighted by Gasteiger charge is -2.16. The summed E-state index contributed by atoms with van der Waals surface area (Å²) in [7, 11) is 1.52. The molecule has 1 amide bonds. The zero-order valence-electron chi connectivity index (χ0n) is 15.3. The molecule has 0 bridgehead atoms. The summed E-state index contributed by atoms with van der Waals surface area (Å²) in [5.41, 5.74) is 1.76. The molecule has 144 valence electrons. The molecule has 1 unspecified atom stereocenters. The van der Waals surface area contributed by atoms with Crippen LogP contribution in [0, 0.1) is 0 Å². The van der Waals surface area contributed by atoms with Crippen molar-refractivity contribution in [3.63, 3.8) is 0 Å². The van der Waals surface area contributed by atoms with Crippen LogP contribution in [-0.2, 0) is 22.4 Å². The van der Waals surface area contributed by atoms with Crippen LogP contribution in [0.5, 0.6) is 5.75 Å². The second-order valence-corrected chi connectivity index (χ2v) is 7.95. The number of hydrogen-bond donors (Lipinski definition) is 1. The lowest BCUT2D eigenvalue weighted by Crippen LogP contribution is -2.31. The number of rotatable bonds is 6. The minimum absolute atomic E-state index is 0.381. The highest BCUT2D eigenvalue weighted by molar-refractivity contribution is 7.14. The first-order valence-electron chi connectivity index (χ1n) is 8.98. The van der Waals surface area contributed by atoms with Gasteiger partial charge < -0.3 is 14.8 Å². The molecule has 1 aromatic heterocycles.